The van der Waals surface area contributed by atoms with Crippen LogP contribution < -0.4 is 4.74 Å². The summed E-state index contributed by atoms with van der Waals surface area (Å²) >= 11 is 2.90. The van der Waals surface area contributed by atoms with E-state index in [9.17, 15) is 0 Å². The first-order valence-electron chi connectivity index (χ1n) is 9.76. The predicted molar refractivity (Wildman–Crippen MR) is 123 cm³/mol. The summed E-state index contributed by atoms with van der Waals surface area (Å²) in [7, 11) is 1.07. The van der Waals surface area contributed by atoms with Gasteiger partial charge in [-0.15, -0.1) is 0 Å². The second kappa shape index (κ2) is 7.75. The smallest absolute Gasteiger partial charge is 0.118 e. The van der Waals surface area contributed by atoms with E-state index in [0.29, 0.717) is 11.2 Å². The van der Waals surface area contributed by atoms with Gasteiger partial charge in [0, 0.05) is 10.5 Å². The molecule has 2 aromatic rings. The average Bonchev–Trinajstić information content (AvgIpc) is 2.69. The zero-order chi connectivity index (χ0) is 18.1. The van der Waals surface area contributed by atoms with Gasteiger partial charge in [-0.1, -0.05) is 55.3 Å². The van der Waals surface area contributed by atoms with Crippen molar-refractivity contribution in [2.24, 2.45) is 5.92 Å². The number of ether oxygens (including phenoxy) is 1. The summed E-state index contributed by atoms with van der Waals surface area (Å²) in [4.78, 5) is 0. The highest BCUT2D eigenvalue weighted by Gasteiger charge is 2.49. The van der Waals surface area contributed by atoms with Crippen LogP contribution in [0.1, 0.15) is 54.4 Å². The lowest BCUT2D eigenvalue weighted by Crippen LogP contribution is -2.39. The minimum absolute atomic E-state index is 0.686. The van der Waals surface area contributed by atoms with Crippen LogP contribution in [0.2, 0.25) is 0 Å². The summed E-state index contributed by atoms with van der Waals surface area (Å²) in [6.07, 6.45) is 9.58. The Kier molecular flexibility index (Phi) is 5.56. The van der Waals surface area contributed by atoms with Crippen molar-refractivity contribution in [3.8, 4) is 5.75 Å². The van der Waals surface area contributed by atoms with Gasteiger partial charge in [-0.2, -0.15) is 7.20 Å². The van der Waals surface area contributed by atoms with E-state index >= 15 is 0 Å². The first kappa shape index (κ1) is 18.7. The maximum atomic E-state index is 5.39. The first-order chi connectivity index (χ1) is 12.6. The Hall–Kier alpha value is -0.680. The lowest BCUT2D eigenvalue weighted by Gasteiger charge is -2.57. The molecule has 1 aliphatic heterocycles. The van der Waals surface area contributed by atoms with Gasteiger partial charge in [0.2, 0.25) is 0 Å². The summed E-state index contributed by atoms with van der Waals surface area (Å²) in [5.74, 6) is 2.51. The molecule has 3 heteroatoms. The van der Waals surface area contributed by atoms with Crippen LogP contribution >= 0.6 is 28.4 Å². The topological polar surface area (TPSA) is 9.23 Å². The summed E-state index contributed by atoms with van der Waals surface area (Å²) in [5, 5.41) is 1.60. The summed E-state index contributed by atoms with van der Waals surface area (Å²) in [5.41, 5.74) is 3.08. The van der Waals surface area contributed by atoms with Gasteiger partial charge in [-0.25, -0.2) is 0 Å². The minimum atomic E-state index is -0.686. The molecule has 1 saturated heterocycles. The minimum Gasteiger partial charge on any atom is -0.497 e. The van der Waals surface area contributed by atoms with Crippen LogP contribution in [-0.2, 0) is 0 Å². The molecule has 5 atom stereocenters. The van der Waals surface area contributed by atoms with Crippen molar-refractivity contribution in [1.29, 1.82) is 0 Å². The van der Waals surface area contributed by atoms with Crippen molar-refractivity contribution in [3.63, 3.8) is 0 Å². The van der Waals surface area contributed by atoms with Crippen LogP contribution in [0.4, 0.5) is 0 Å². The second-order valence-corrected chi connectivity index (χ2v) is 16.7. The van der Waals surface area contributed by atoms with E-state index in [-0.39, 0.29) is 0 Å². The van der Waals surface area contributed by atoms with Crippen LogP contribution in [0.25, 0.3) is 0 Å². The third-order valence-electron chi connectivity index (χ3n) is 6.60. The lowest BCUT2D eigenvalue weighted by atomic mass is 9.73. The van der Waals surface area contributed by atoms with Crippen LogP contribution in [0.15, 0.2) is 54.6 Å². The van der Waals surface area contributed by atoms with Crippen molar-refractivity contribution in [2.45, 2.75) is 48.5 Å². The molecule has 2 fully saturated rings. The van der Waals surface area contributed by atoms with Gasteiger partial charge in [0.25, 0.3) is 0 Å². The zero-order valence-corrected chi connectivity index (χ0v) is 18.7. The lowest BCUT2D eigenvalue weighted by molar-refractivity contribution is 0.287. The summed E-state index contributed by atoms with van der Waals surface area (Å²) in [6.45, 7) is 0. The van der Waals surface area contributed by atoms with Crippen LogP contribution in [0.3, 0.4) is 0 Å². The van der Waals surface area contributed by atoms with E-state index in [4.69, 9.17) is 4.74 Å². The number of hydrogen-bond donors (Lipinski definition) is 0. The Bertz CT molecular complexity index is 728. The number of methoxy groups -OCH3 is 1. The Morgan fingerprint density at radius 2 is 1.62 bits per heavy atom. The molecule has 1 aliphatic carbocycles. The van der Waals surface area contributed by atoms with E-state index in [1.165, 1.54) is 37.7 Å². The third-order valence-corrected chi connectivity index (χ3v) is 13.7. The van der Waals surface area contributed by atoms with Crippen molar-refractivity contribution in [3.05, 3.63) is 65.7 Å². The molecule has 2 aliphatic rings. The number of benzene rings is 2. The molecule has 1 nitrogen and oxygen atoms in total. The van der Waals surface area contributed by atoms with Gasteiger partial charge in [-0.3, -0.25) is 0 Å². The number of rotatable bonds is 3. The quantitative estimate of drug-likeness (QED) is 0.420. The van der Waals surface area contributed by atoms with Gasteiger partial charge < -0.3 is 4.74 Å². The normalized spacial score (nSPS) is 36.6. The highest BCUT2D eigenvalue weighted by molar-refractivity contribution is 14.2. The molecule has 0 amide bonds. The molecule has 1 saturated carbocycles. The number of hydrogen-bond acceptors (Lipinski definition) is 1. The van der Waals surface area contributed by atoms with Crippen molar-refractivity contribution < 1.29 is 4.74 Å². The van der Waals surface area contributed by atoms with Crippen LogP contribution in [0, 0.1) is 5.92 Å². The fourth-order valence-corrected chi connectivity index (χ4v) is 12.0. The molecule has 0 N–H and O–H groups in total. The SMILES string of the molecule is COc1ccc(C2CC(c3ccccc3)S(C)(I)C3CCCCC23)cc1. The molecule has 140 valence electrons. The third kappa shape index (κ3) is 3.42. The van der Waals surface area contributed by atoms with Crippen LogP contribution in [-0.4, -0.2) is 18.6 Å². The molecule has 0 spiro atoms. The molecule has 0 bridgehead atoms. The molecular formula is C23H29IOS. The molecule has 0 radical (unpaired) electrons. The molecule has 0 aromatic heterocycles. The van der Waals surface area contributed by atoms with E-state index in [0.717, 1.165) is 16.9 Å². The molecule has 5 unspecified atom stereocenters. The average molecular weight is 480 g/mol. The Morgan fingerprint density at radius 1 is 0.923 bits per heavy atom. The number of halogens is 1. The first-order valence-corrected chi connectivity index (χ1v) is 14.5. The van der Waals surface area contributed by atoms with Crippen molar-refractivity contribution >= 4 is 28.4 Å². The largest absolute Gasteiger partial charge is 0.497 e. The highest BCUT2D eigenvalue weighted by Crippen LogP contribution is 2.76. The maximum Gasteiger partial charge on any atom is 0.118 e. The van der Waals surface area contributed by atoms with Gasteiger partial charge in [-0.05, 0) is 81.8 Å². The molecule has 4 rings (SSSR count). The second-order valence-electron chi connectivity index (χ2n) is 7.94. The Balaban J connectivity index is 1.73. The maximum absolute atomic E-state index is 5.39. The number of fused-ring (bicyclic) bond motifs is 1. The van der Waals surface area contributed by atoms with Crippen LogP contribution in [0.5, 0.6) is 5.75 Å². The molecule has 26 heavy (non-hydrogen) atoms. The highest BCUT2D eigenvalue weighted by atomic mass is 127. The Labute approximate surface area is 171 Å². The molecular weight excluding hydrogens is 451 g/mol. The van der Waals surface area contributed by atoms with Gasteiger partial charge >= 0.3 is 0 Å². The fraction of sp³-hybridized carbons (Fsp3) is 0.478. The van der Waals surface area contributed by atoms with E-state index in [1.807, 2.05) is 0 Å². The predicted octanol–water partition coefficient (Wildman–Crippen LogP) is 7.27. The van der Waals surface area contributed by atoms with E-state index < -0.39 is 7.20 Å². The summed E-state index contributed by atoms with van der Waals surface area (Å²) in [6, 6.07) is 20.3. The summed E-state index contributed by atoms with van der Waals surface area (Å²) < 4.78 is 5.39. The Morgan fingerprint density at radius 3 is 2.31 bits per heavy atom. The van der Waals surface area contributed by atoms with Gasteiger partial charge in [0.15, 0.2) is 0 Å². The standard InChI is InChI=1S/C23H29IOS/c1-25-19-14-12-17(13-15-19)21-16-23(18-8-4-3-5-9-18)26(2,24)22-11-7-6-10-20(21)22/h3-5,8-9,12-15,20-23H,6-7,10-11,16H2,1-2H3. The van der Waals surface area contributed by atoms with E-state index in [1.54, 1.807) is 12.7 Å². The van der Waals surface area contributed by atoms with E-state index in [2.05, 4.69) is 82.1 Å². The molecule has 1 heterocycles. The van der Waals surface area contributed by atoms with Crippen molar-refractivity contribution in [1.82, 2.24) is 0 Å². The zero-order valence-electron chi connectivity index (χ0n) is 15.7. The monoisotopic (exact) mass is 480 g/mol. The van der Waals surface area contributed by atoms with Gasteiger partial charge in [0.1, 0.15) is 5.75 Å². The van der Waals surface area contributed by atoms with Crippen molar-refractivity contribution in [2.75, 3.05) is 13.4 Å². The molecule has 2 aromatic carbocycles. The van der Waals surface area contributed by atoms with Gasteiger partial charge in [0.05, 0.1) is 7.11 Å². The fourth-order valence-electron chi connectivity index (χ4n) is 5.27.